The number of hydrogen-bond donors (Lipinski definition) is 1. The van der Waals surface area contributed by atoms with Crippen LogP contribution >= 0.6 is 11.6 Å². The van der Waals surface area contributed by atoms with E-state index in [1.54, 1.807) is 12.1 Å². The summed E-state index contributed by atoms with van der Waals surface area (Å²) in [6.45, 7) is 1.93. The molecular formula is C16H16ClF2NO. The smallest absolute Gasteiger partial charge is 0.139 e. The zero-order valence-corrected chi connectivity index (χ0v) is 12.3. The van der Waals surface area contributed by atoms with Crippen molar-refractivity contribution < 1.29 is 13.5 Å². The maximum atomic E-state index is 13.1. The Morgan fingerprint density at radius 3 is 2.29 bits per heavy atom. The highest BCUT2D eigenvalue weighted by Crippen LogP contribution is 2.31. The van der Waals surface area contributed by atoms with Gasteiger partial charge >= 0.3 is 0 Å². The van der Waals surface area contributed by atoms with Crippen molar-refractivity contribution in [3.8, 4) is 5.75 Å². The van der Waals surface area contributed by atoms with Gasteiger partial charge in [0.2, 0.25) is 0 Å². The van der Waals surface area contributed by atoms with Gasteiger partial charge in [-0.2, -0.15) is 0 Å². The molecule has 0 spiro atoms. The van der Waals surface area contributed by atoms with Crippen LogP contribution in [0.3, 0.4) is 0 Å². The second kappa shape index (κ2) is 6.87. The Balaban J connectivity index is 2.30. The summed E-state index contributed by atoms with van der Waals surface area (Å²) in [7, 11) is 0. The van der Waals surface area contributed by atoms with Gasteiger partial charge in [-0.3, -0.25) is 0 Å². The van der Waals surface area contributed by atoms with Crippen LogP contribution in [0.4, 0.5) is 8.78 Å². The van der Waals surface area contributed by atoms with Crippen molar-refractivity contribution in [3.05, 3.63) is 64.7 Å². The third-order valence-electron chi connectivity index (χ3n) is 3.21. The molecular weight excluding hydrogens is 296 g/mol. The quantitative estimate of drug-likeness (QED) is 0.884. The Hall–Kier alpha value is -1.65. The fraction of sp³-hybridized carbons (Fsp3) is 0.250. The minimum atomic E-state index is -0.487. The van der Waals surface area contributed by atoms with Crippen molar-refractivity contribution in [2.45, 2.75) is 25.5 Å². The lowest BCUT2D eigenvalue weighted by atomic mass is 10.0. The van der Waals surface area contributed by atoms with Gasteiger partial charge in [0, 0.05) is 6.04 Å². The molecule has 2 aromatic carbocycles. The van der Waals surface area contributed by atoms with Gasteiger partial charge in [0.05, 0.1) is 5.02 Å². The third-order valence-corrected chi connectivity index (χ3v) is 3.50. The van der Waals surface area contributed by atoms with Crippen molar-refractivity contribution in [1.29, 1.82) is 0 Å². The summed E-state index contributed by atoms with van der Waals surface area (Å²) in [5.74, 6) is -0.427. The molecule has 0 fully saturated rings. The maximum Gasteiger partial charge on any atom is 0.139 e. The van der Waals surface area contributed by atoms with Gasteiger partial charge in [-0.1, -0.05) is 30.7 Å². The van der Waals surface area contributed by atoms with Crippen LogP contribution in [0, 0.1) is 11.6 Å². The first-order valence-electron chi connectivity index (χ1n) is 6.64. The first-order chi connectivity index (χ1) is 10.0. The van der Waals surface area contributed by atoms with Gasteiger partial charge in [-0.15, -0.1) is 0 Å². The van der Waals surface area contributed by atoms with Gasteiger partial charge in [-0.05, 0) is 42.3 Å². The van der Waals surface area contributed by atoms with Crippen LogP contribution in [0.15, 0.2) is 42.5 Å². The molecule has 0 aliphatic heterocycles. The fourth-order valence-corrected chi connectivity index (χ4v) is 2.19. The van der Waals surface area contributed by atoms with E-state index in [4.69, 9.17) is 22.1 Å². The molecule has 2 nitrogen and oxygen atoms in total. The summed E-state index contributed by atoms with van der Waals surface area (Å²) >= 11 is 5.97. The van der Waals surface area contributed by atoms with Crippen LogP contribution < -0.4 is 10.5 Å². The highest BCUT2D eigenvalue weighted by atomic mass is 35.5. The van der Waals surface area contributed by atoms with Gasteiger partial charge in [-0.25, -0.2) is 8.78 Å². The first-order valence-corrected chi connectivity index (χ1v) is 7.01. The molecule has 2 unspecified atom stereocenters. The second-order valence-electron chi connectivity index (χ2n) is 4.74. The van der Waals surface area contributed by atoms with Crippen LogP contribution in [-0.4, -0.2) is 6.04 Å². The van der Waals surface area contributed by atoms with E-state index in [1.165, 1.54) is 30.3 Å². The molecule has 21 heavy (non-hydrogen) atoms. The van der Waals surface area contributed by atoms with Gasteiger partial charge in [0.25, 0.3) is 0 Å². The Bertz CT molecular complexity index is 604. The maximum absolute atomic E-state index is 13.1. The monoisotopic (exact) mass is 311 g/mol. The number of halogens is 3. The Kier molecular flexibility index (Phi) is 5.15. The van der Waals surface area contributed by atoms with Crippen molar-refractivity contribution >= 4 is 11.6 Å². The predicted octanol–water partition coefficient (Wildman–Crippen LogP) is 4.48. The van der Waals surface area contributed by atoms with Gasteiger partial charge < -0.3 is 10.5 Å². The Morgan fingerprint density at radius 1 is 1.10 bits per heavy atom. The van der Waals surface area contributed by atoms with E-state index in [2.05, 4.69) is 0 Å². The van der Waals surface area contributed by atoms with E-state index in [9.17, 15) is 8.78 Å². The molecule has 0 bridgehead atoms. The lowest BCUT2D eigenvalue weighted by Crippen LogP contribution is -2.31. The zero-order valence-electron chi connectivity index (χ0n) is 11.5. The Labute approximate surface area is 127 Å². The van der Waals surface area contributed by atoms with Gasteiger partial charge in [0.1, 0.15) is 23.5 Å². The summed E-state index contributed by atoms with van der Waals surface area (Å²) in [5, 5.41) is 0.172. The van der Waals surface area contributed by atoms with Crippen molar-refractivity contribution in [3.63, 3.8) is 0 Å². The molecule has 2 rings (SSSR count). The highest BCUT2D eigenvalue weighted by Gasteiger charge is 2.21. The molecule has 0 saturated carbocycles. The van der Waals surface area contributed by atoms with E-state index in [-0.39, 0.29) is 16.9 Å². The van der Waals surface area contributed by atoms with Crippen molar-refractivity contribution in [2.75, 3.05) is 0 Å². The average molecular weight is 312 g/mol. The first kappa shape index (κ1) is 15.7. The molecule has 0 aromatic heterocycles. The van der Waals surface area contributed by atoms with E-state index in [1.807, 2.05) is 6.92 Å². The molecule has 2 aromatic rings. The van der Waals surface area contributed by atoms with Crippen LogP contribution in [0.25, 0.3) is 0 Å². The third kappa shape index (κ3) is 3.93. The predicted molar refractivity (Wildman–Crippen MR) is 79.4 cm³/mol. The van der Waals surface area contributed by atoms with E-state index in [0.717, 1.165) is 5.56 Å². The summed E-state index contributed by atoms with van der Waals surface area (Å²) < 4.78 is 31.9. The number of nitrogens with two attached hydrogens (primary N) is 1. The summed E-state index contributed by atoms with van der Waals surface area (Å²) in [6.07, 6.45) is 0.180. The van der Waals surface area contributed by atoms with E-state index < -0.39 is 11.9 Å². The van der Waals surface area contributed by atoms with Crippen molar-refractivity contribution in [2.24, 2.45) is 5.73 Å². The van der Waals surface area contributed by atoms with E-state index >= 15 is 0 Å². The fourth-order valence-electron chi connectivity index (χ4n) is 1.98. The van der Waals surface area contributed by atoms with Crippen LogP contribution in [0.1, 0.15) is 25.0 Å². The van der Waals surface area contributed by atoms with Gasteiger partial charge in [0.15, 0.2) is 0 Å². The standard InChI is InChI=1S/C16H16ClF2NO/c1-2-14(20)16(10-3-5-11(18)6-4-10)21-15-8-7-12(19)9-13(15)17/h3-9,14,16H,2,20H2,1H3. The largest absolute Gasteiger partial charge is 0.483 e. The SMILES string of the molecule is CCC(N)C(Oc1ccc(F)cc1Cl)c1ccc(F)cc1. The molecule has 2 atom stereocenters. The lowest BCUT2D eigenvalue weighted by molar-refractivity contribution is 0.171. The topological polar surface area (TPSA) is 35.2 Å². The summed E-state index contributed by atoms with van der Waals surface area (Å²) in [5.41, 5.74) is 6.82. The molecule has 112 valence electrons. The minimum absolute atomic E-state index is 0.172. The molecule has 0 aliphatic carbocycles. The number of benzene rings is 2. The molecule has 0 amide bonds. The van der Waals surface area contributed by atoms with Crippen LogP contribution in [-0.2, 0) is 0 Å². The lowest BCUT2D eigenvalue weighted by Gasteiger charge is -2.25. The van der Waals surface area contributed by atoms with Crippen LogP contribution in [0.5, 0.6) is 5.75 Å². The Morgan fingerprint density at radius 2 is 1.71 bits per heavy atom. The molecule has 0 heterocycles. The molecule has 2 N–H and O–H groups in total. The average Bonchev–Trinajstić information content (AvgIpc) is 2.47. The van der Waals surface area contributed by atoms with Crippen LogP contribution in [0.2, 0.25) is 5.02 Å². The molecule has 5 heteroatoms. The number of hydrogen-bond acceptors (Lipinski definition) is 2. The highest BCUT2D eigenvalue weighted by molar-refractivity contribution is 6.32. The zero-order chi connectivity index (χ0) is 15.4. The van der Waals surface area contributed by atoms with E-state index in [0.29, 0.717) is 12.2 Å². The number of ether oxygens (including phenoxy) is 1. The normalized spacial score (nSPS) is 13.8. The second-order valence-corrected chi connectivity index (χ2v) is 5.14. The molecule has 0 saturated heterocycles. The number of rotatable bonds is 5. The summed E-state index contributed by atoms with van der Waals surface area (Å²) in [4.78, 5) is 0. The molecule has 0 aliphatic rings. The van der Waals surface area contributed by atoms with Crippen molar-refractivity contribution in [1.82, 2.24) is 0 Å². The minimum Gasteiger partial charge on any atom is -0.483 e. The molecule has 0 radical (unpaired) electrons. The summed E-state index contributed by atoms with van der Waals surface area (Å²) in [6, 6.07) is 9.53.